The summed E-state index contributed by atoms with van der Waals surface area (Å²) in [6.45, 7) is 1.24. The third kappa shape index (κ3) is 5.21. The zero-order chi connectivity index (χ0) is 24.1. The topological polar surface area (TPSA) is 108 Å². The molecule has 0 radical (unpaired) electrons. The van der Waals surface area contributed by atoms with E-state index in [1.165, 1.54) is 12.2 Å². The van der Waals surface area contributed by atoms with Gasteiger partial charge in [0.15, 0.2) is 12.4 Å². The SMILES string of the molecule is Cc1ccc(-c2nn(-c3ccccc3)cc2/C=C/C(=O)OCC(=O)NC(=O)c2cccn2C)o1. The molecular weight excluding hydrogens is 436 g/mol. The molecule has 34 heavy (non-hydrogen) atoms. The summed E-state index contributed by atoms with van der Waals surface area (Å²) in [7, 11) is 1.68. The molecule has 172 valence electrons. The second-order valence-corrected chi connectivity index (χ2v) is 7.45. The van der Waals surface area contributed by atoms with Gasteiger partial charge in [-0.2, -0.15) is 5.10 Å². The summed E-state index contributed by atoms with van der Waals surface area (Å²) in [5.74, 6) is -0.754. The van der Waals surface area contributed by atoms with Gasteiger partial charge in [-0.25, -0.2) is 9.48 Å². The molecule has 3 heterocycles. The van der Waals surface area contributed by atoms with Crippen LogP contribution in [0.4, 0.5) is 0 Å². The summed E-state index contributed by atoms with van der Waals surface area (Å²) in [6, 6.07) is 16.4. The molecule has 0 atom stereocenters. The maximum Gasteiger partial charge on any atom is 0.331 e. The van der Waals surface area contributed by atoms with Crippen LogP contribution < -0.4 is 5.32 Å². The van der Waals surface area contributed by atoms with Crippen LogP contribution in [-0.4, -0.2) is 38.7 Å². The minimum Gasteiger partial charge on any atom is -0.460 e. The Kier molecular flexibility index (Phi) is 6.54. The minimum atomic E-state index is -0.740. The number of hydrogen-bond acceptors (Lipinski definition) is 6. The lowest BCUT2D eigenvalue weighted by atomic mass is 10.2. The van der Waals surface area contributed by atoms with Crippen molar-refractivity contribution in [3.8, 4) is 17.1 Å². The number of benzene rings is 1. The fourth-order valence-corrected chi connectivity index (χ4v) is 3.24. The summed E-state index contributed by atoms with van der Waals surface area (Å²) < 4.78 is 13.9. The van der Waals surface area contributed by atoms with Crippen molar-refractivity contribution in [1.29, 1.82) is 0 Å². The number of furan rings is 1. The first kappa shape index (κ1) is 22.5. The predicted octanol–water partition coefficient (Wildman–Crippen LogP) is 3.29. The summed E-state index contributed by atoms with van der Waals surface area (Å²) in [6.07, 6.45) is 6.17. The van der Waals surface area contributed by atoms with Crippen LogP contribution in [-0.2, 0) is 21.4 Å². The maximum atomic E-state index is 12.2. The van der Waals surface area contributed by atoms with Crippen LogP contribution in [0.3, 0.4) is 0 Å². The number of rotatable bonds is 7. The van der Waals surface area contributed by atoms with Crippen molar-refractivity contribution in [3.63, 3.8) is 0 Å². The van der Waals surface area contributed by atoms with Crippen LogP contribution in [0, 0.1) is 6.92 Å². The Morgan fingerprint density at radius 1 is 1.09 bits per heavy atom. The first-order chi connectivity index (χ1) is 16.4. The molecule has 0 fully saturated rings. The van der Waals surface area contributed by atoms with Crippen LogP contribution in [0.15, 0.2) is 77.5 Å². The molecule has 1 aromatic carbocycles. The normalized spacial score (nSPS) is 11.0. The number of nitrogens with one attached hydrogen (secondary N) is 1. The molecular formula is C25H22N4O5. The van der Waals surface area contributed by atoms with E-state index in [-0.39, 0.29) is 0 Å². The standard InChI is InChI=1S/C25H22N4O5/c1-17-10-12-21(34-17)24-18(15-29(27-24)19-7-4-3-5-8-19)11-13-23(31)33-16-22(30)26-25(32)20-9-6-14-28(20)2/h3-15H,16H2,1-2H3,(H,26,30,32)/b13-11+. The largest absolute Gasteiger partial charge is 0.460 e. The molecule has 4 aromatic rings. The summed E-state index contributed by atoms with van der Waals surface area (Å²) in [5.41, 5.74) is 2.33. The van der Waals surface area contributed by atoms with E-state index in [1.807, 2.05) is 43.3 Å². The fraction of sp³-hybridized carbons (Fsp3) is 0.120. The minimum absolute atomic E-state index is 0.315. The Bertz CT molecular complexity index is 1360. The van der Waals surface area contributed by atoms with Gasteiger partial charge in [0, 0.05) is 31.1 Å². The Morgan fingerprint density at radius 2 is 1.88 bits per heavy atom. The second-order valence-electron chi connectivity index (χ2n) is 7.45. The predicted molar refractivity (Wildman–Crippen MR) is 124 cm³/mol. The molecule has 2 amide bonds. The molecule has 0 aliphatic carbocycles. The Balaban J connectivity index is 1.43. The zero-order valence-corrected chi connectivity index (χ0v) is 18.6. The van der Waals surface area contributed by atoms with Gasteiger partial charge >= 0.3 is 5.97 Å². The van der Waals surface area contributed by atoms with Gasteiger partial charge in [-0.3, -0.25) is 14.9 Å². The van der Waals surface area contributed by atoms with E-state index in [0.717, 1.165) is 11.4 Å². The fourth-order valence-electron chi connectivity index (χ4n) is 3.24. The molecule has 0 bridgehead atoms. The average Bonchev–Trinajstić information content (AvgIpc) is 3.56. The van der Waals surface area contributed by atoms with Gasteiger partial charge in [0.1, 0.15) is 17.1 Å². The van der Waals surface area contributed by atoms with E-state index >= 15 is 0 Å². The van der Waals surface area contributed by atoms with Crippen molar-refractivity contribution < 1.29 is 23.5 Å². The summed E-state index contributed by atoms with van der Waals surface area (Å²) >= 11 is 0. The molecule has 1 N–H and O–H groups in total. The average molecular weight is 458 g/mol. The van der Waals surface area contributed by atoms with Gasteiger partial charge in [0.2, 0.25) is 0 Å². The Hall–Kier alpha value is -4.66. The highest BCUT2D eigenvalue weighted by Crippen LogP contribution is 2.26. The number of hydrogen-bond donors (Lipinski definition) is 1. The highest BCUT2D eigenvalue weighted by molar-refractivity contribution is 6.04. The number of aromatic nitrogens is 3. The number of esters is 1. The van der Waals surface area contributed by atoms with Crippen LogP contribution >= 0.6 is 0 Å². The van der Waals surface area contributed by atoms with E-state index < -0.39 is 24.4 Å². The lowest BCUT2D eigenvalue weighted by Gasteiger charge is -2.05. The smallest absolute Gasteiger partial charge is 0.331 e. The monoisotopic (exact) mass is 458 g/mol. The van der Waals surface area contributed by atoms with Crippen LogP contribution in [0.25, 0.3) is 23.2 Å². The quantitative estimate of drug-likeness (QED) is 0.336. The molecule has 9 heteroatoms. The third-order valence-electron chi connectivity index (χ3n) is 4.91. The first-order valence-electron chi connectivity index (χ1n) is 10.4. The maximum absolute atomic E-state index is 12.2. The van der Waals surface area contributed by atoms with Gasteiger partial charge in [-0.1, -0.05) is 18.2 Å². The molecule has 0 spiro atoms. The van der Waals surface area contributed by atoms with E-state index in [4.69, 9.17) is 9.15 Å². The van der Waals surface area contributed by atoms with Crippen molar-refractivity contribution in [2.24, 2.45) is 7.05 Å². The van der Waals surface area contributed by atoms with Crippen molar-refractivity contribution >= 4 is 23.9 Å². The van der Waals surface area contributed by atoms with Gasteiger partial charge in [0.05, 0.1) is 5.69 Å². The lowest BCUT2D eigenvalue weighted by Crippen LogP contribution is -2.34. The molecule has 4 rings (SSSR count). The van der Waals surface area contributed by atoms with E-state index in [1.54, 1.807) is 46.9 Å². The van der Waals surface area contributed by atoms with Crippen LogP contribution in [0.1, 0.15) is 21.8 Å². The summed E-state index contributed by atoms with van der Waals surface area (Å²) in [5, 5.41) is 6.78. The molecule has 0 aliphatic rings. The van der Waals surface area contributed by atoms with Crippen LogP contribution in [0.5, 0.6) is 0 Å². The van der Waals surface area contributed by atoms with Gasteiger partial charge < -0.3 is 13.7 Å². The van der Waals surface area contributed by atoms with Crippen LogP contribution in [0.2, 0.25) is 0 Å². The van der Waals surface area contributed by atoms with Crippen molar-refractivity contribution in [3.05, 3.63) is 90.1 Å². The highest BCUT2D eigenvalue weighted by atomic mass is 16.5. The number of carbonyl (C=O) groups excluding carboxylic acids is 3. The number of amides is 2. The molecule has 0 aliphatic heterocycles. The molecule has 0 saturated heterocycles. The number of ether oxygens (including phenoxy) is 1. The molecule has 0 unspecified atom stereocenters. The third-order valence-corrected chi connectivity index (χ3v) is 4.91. The zero-order valence-electron chi connectivity index (χ0n) is 18.6. The highest BCUT2D eigenvalue weighted by Gasteiger charge is 2.16. The van der Waals surface area contributed by atoms with Crippen molar-refractivity contribution in [2.75, 3.05) is 6.61 Å². The Morgan fingerprint density at radius 3 is 2.56 bits per heavy atom. The number of imide groups is 1. The van der Waals surface area contributed by atoms with E-state index in [0.29, 0.717) is 22.7 Å². The second kappa shape index (κ2) is 9.86. The lowest BCUT2D eigenvalue weighted by molar-refractivity contribution is -0.143. The van der Waals surface area contributed by atoms with Gasteiger partial charge in [0.25, 0.3) is 11.8 Å². The number of para-hydroxylation sites is 1. The number of nitrogens with zero attached hydrogens (tertiary/aromatic N) is 3. The number of carbonyl (C=O) groups is 3. The molecule has 9 nitrogen and oxygen atoms in total. The van der Waals surface area contributed by atoms with Crippen molar-refractivity contribution in [1.82, 2.24) is 19.7 Å². The molecule has 0 saturated carbocycles. The van der Waals surface area contributed by atoms with Crippen molar-refractivity contribution in [2.45, 2.75) is 6.92 Å². The Labute approximate surface area is 195 Å². The molecule has 3 aromatic heterocycles. The number of aryl methyl sites for hydroxylation is 2. The van der Waals surface area contributed by atoms with E-state index in [9.17, 15) is 14.4 Å². The summed E-state index contributed by atoms with van der Waals surface area (Å²) in [4.78, 5) is 36.2. The first-order valence-corrected chi connectivity index (χ1v) is 10.4. The van der Waals surface area contributed by atoms with Gasteiger partial charge in [-0.15, -0.1) is 0 Å². The van der Waals surface area contributed by atoms with Gasteiger partial charge in [-0.05, 0) is 49.4 Å². The van der Waals surface area contributed by atoms with E-state index in [2.05, 4.69) is 10.4 Å².